The van der Waals surface area contributed by atoms with E-state index in [2.05, 4.69) is 5.32 Å². The molecular weight excluding hydrogens is 292 g/mol. The lowest BCUT2D eigenvalue weighted by Crippen LogP contribution is -2.43. The van der Waals surface area contributed by atoms with E-state index in [-0.39, 0.29) is 18.1 Å². The molecule has 0 spiro atoms. The minimum Gasteiger partial charge on any atom is -0.491 e. The Morgan fingerprint density at radius 2 is 2.09 bits per heavy atom. The molecular formula is C18H28N2O3. The Hall–Kier alpha value is -1.75. The number of nitrogens with zero attached hydrogens (tertiary/aromatic N) is 1. The number of benzene rings is 1. The highest BCUT2D eigenvalue weighted by Gasteiger charge is 2.25. The van der Waals surface area contributed by atoms with Gasteiger partial charge >= 0.3 is 6.03 Å². The molecule has 1 saturated carbocycles. The van der Waals surface area contributed by atoms with Crippen LogP contribution >= 0.6 is 0 Å². The SMILES string of the molecule is Cc1ccccc1OCCNC(=O)N(C)CC1CCCCC1O. The molecule has 0 radical (unpaired) electrons. The molecule has 2 N–H and O–H groups in total. The van der Waals surface area contributed by atoms with Crippen LogP contribution in [-0.2, 0) is 0 Å². The summed E-state index contributed by atoms with van der Waals surface area (Å²) in [7, 11) is 1.78. The van der Waals surface area contributed by atoms with Gasteiger partial charge in [0.15, 0.2) is 0 Å². The molecule has 23 heavy (non-hydrogen) atoms. The maximum atomic E-state index is 12.1. The molecule has 2 amide bonds. The number of amides is 2. The van der Waals surface area contributed by atoms with Gasteiger partial charge in [0.2, 0.25) is 0 Å². The highest BCUT2D eigenvalue weighted by molar-refractivity contribution is 5.73. The summed E-state index contributed by atoms with van der Waals surface area (Å²) in [6, 6.07) is 7.71. The second kappa shape index (κ2) is 8.77. The molecule has 0 aliphatic heterocycles. The topological polar surface area (TPSA) is 61.8 Å². The van der Waals surface area contributed by atoms with E-state index in [0.717, 1.165) is 37.0 Å². The van der Waals surface area contributed by atoms with Gasteiger partial charge in [-0.3, -0.25) is 0 Å². The zero-order valence-corrected chi connectivity index (χ0v) is 14.1. The predicted octanol–water partition coefficient (Wildman–Crippen LogP) is 2.57. The Kier molecular flexibility index (Phi) is 6.71. The van der Waals surface area contributed by atoms with Gasteiger partial charge in [0.25, 0.3) is 0 Å². The van der Waals surface area contributed by atoms with Gasteiger partial charge < -0.3 is 20.1 Å². The van der Waals surface area contributed by atoms with Crippen molar-refractivity contribution in [2.24, 2.45) is 5.92 Å². The molecule has 0 saturated heterocycles. The lowest BCUT2D eigenvalue weighted by atomic mass is 9.86. The van der Waals surface area contributed by atoms with Crippen molar-refractivity contribution < 1.29 is 14.6 Å². The standard InChI is InChI=1S/C18H28N2O3/c1-14-7-3-6-10-17(14)23-12-11-19-18(22)20(2)13-15-8-4-5-9-16(15)21/h3,6-7,10,15-16,21H,4-5,8-9,11-13H2,1-2H3,(H,19,22). The average molecular weight is 320 g/mol. The number of aryl methyl sites for hydroxylation is 1. The zero-order chi connectivity index (χ0) is 16.7. The third-order valence-corrected chi connectivity index (χ3v) is 4.45. The predicted molar refractivity (Wildman–Crippen MR) is 90.7 cm³/mol. The van der Waals surface area contributed by atoms with Crippen molar-refractivity contribution in [1.82, 2.24) is 10.2 Å². The monoisotopic (exact) mass is 320 g/mol. The minimum atomic E-state index is -0.275. The molecule has 1 fully saturated rings. The number of aliphatic hydroxyl groups excluding tert-OH is 1. The molecule has 1 aliphatic rings. The second-order valence-corrected chi connectivity index (χ2v) is 6.34. The van der Waals surface area contributed by atoms with Gasteiger partial charge in [0.05, 0.1) is 12.6 Å². The summed E-state index contributed by atoms with van der Waals surface area (Å²) in [5, 5.41) is 12.8. The number of carbonyl (C=O) groups is 1. The Balaban J connectivity index is 1.67. The maximum absolute atomic E-state index is 12.1. The van der Waals surface area contributed by atoms with E-state index < -0.39 is 0 Å². The van der Waals surface area contributed by atoms with Crippen LogP contribution < -0.4 is 10.1 Å². The molecule has 1 aromatic rings. The van der Waals surface area contributed by atoms with E-state index >= 15 is 0 Å². The van der Waals surface area contributed by atoms with Crippen molar-refractivity contribution in [3.05, 3.63) is 29.8 Å². The van der Waals surface area contributed by atoms with Crippen molar-refractivity contribution in [3.8, 4) is 5.75 Å². The van der Waals surface area contributed by atoms with E-state index in [4.69, 9.17) is 4.74 Å². The number of ether oxygens (including phenoxy) is 1. The normalized spacial score (nSPS) is 20.8. The molecule has 0 bridgehead atoms. The summed E-state index contributed by atoms with van der Waals surface area (Å²) in [4.78, 5) is 13.7. The smallest absolute Gasteiger partial charge is 0.317 e. The van der Waals surface area contributed by atoms with Crippen LogP contribution in [0, 0.1) is 12.8 Å². The summed E-state index contributed by atoms with van der Waals surface area (Å²) in [5.41, 5.74) is 1.09. The quantitative estimate of drug-likeness (QED) is 0.792. The van der Waals surface area contributed by atoms with E-state index in [1.54, 1.807) is 11.9 Å². The van der Waals surface area contributed by atoms with Crippen LogP contribution in [-0.4, -0.2) is 48.9 Å². The van der Waals surface area contributed by atoms with Crippen LogP contribution in [0.25, 0.3) is 0 Å². The average Bonchev–Trinajstić information content (AvgIpc) is 2.55. The molecule has 2 rings (SSSR count). The van der Waals surface area contributed by atoms with Crippen LogP contribution in [0.4, 0.5) is 4.79 Å². The van der Waals surface area contributed by atoms with Gasteiger partial charge in [-0.05, 0) is 31.4 Å². The molecule has 128 valence electrons. The zero-order valence-electron chi connectivity index (χ0n) is 14.1. The van der Waals surface area contributed by atoms with Crippen LogP contribution in [0.1, 0.15) is 31.2 Å². The second-order valence-electron chi connectivity index (χ2n) is 6.34. The van der Waals surface area contributed by atoms with E-state index in [1.807, 2.05) is 31.2 Å². The first kappa shape index (κ1) is 17.6. The number of hydrogen-bond donors (Lipinski definition) is 2. The van der Waals surface area contributed by atoms with Crippen molar-refractivity contribution in [3.63, 3.8) is 0 Å². The molecule has 1 aliphatic carbocycles. The van der Waals surface area contributed by atoms with Crippen LogP contribution in [0.2, 0.25) is 0 Å². The Labute approximate surface area is 138 Å². The molecule has 1 aromatic carbocycles. The summed E-state index contributed by atoms with van der Waals surface area (Å²) in [6.07, 6.45) is 3.80. The molecule has 5 heteroatoms. The maximum Gasteiger partial charge on any atom is 0.317 e. The van der Waals surface area contributed by atoms with E-state index in [9.17, 15) is 9.90 Å². The number of para-hydroxylation sites is 1. The largest absolute Gasteiger partial charge is 0.491 e. The number of rotatable bonds is 6. The third kappa shape index (κ3) is 5.43. The molecule has 2 atom stereocenters. The molecule has 5 nitrogen and oxygen atoms in total. The van der Waals surface area contributed by atoms with Gasteiger partial charge in [0, 0.05) is 19.5 Å². The van der Waals surface area contributed by atoms with Crippen LogP contribution in [0.5, 0.6) is 5.75 Å². The number of carbonyl (C=O) groups excluding carboxylic acids is 1. The lowest BCUT2D eigenvalue weighted by Gasteiger charge is -2.31. The first-order valence-corrected chi connectivity index (χ1v) is 8.43. The van der Waals surface area contributed by atoms with E-state index in [1.165, 1.54) is 0 Å². The highest BCUT2D eigenvalue weighted by Crippen LogP contribution is 2.24. The fraction of sp³-hybridized carbons (Fsp3) is 0.611. The summed E-state index contributed by atoms with van der Waals surface area (Å²) in [5.74, 6) is 1.04. The summed E-state index contributed by atoms with van der Waals surface area (Å²) in [6.45, 7) is 3.50. The van der Waals surface area contributed by atoms with Crippen molar-refractivity contribution in [2.75, 3.05) is 26.7 Å². The Morgan fingerprint density at radius 1 is 1.35 bits per heavy atom. The number of hydrogen-bond acceptors (Lipinski definition) is 3. The Bertz CT molecular complexity index is 507. The van der Waals surface area contributed by atoms with Gasteiger partial charge in [0.1, 0.15) is 12.4 Å². The molecule has 0 aromatic heterocycles. The highest BCUT2D eigenvalue weighted by atomic mass is 16.5. The van der Waals surface area contributed by atoms with E-state index in [0.29, 0.717) is 19.7 Å². The van der Waals surface area contributed by atoms with Gasteiger partial charge in [-0.25, -0.2) is 4.79 Å². The summed E-state index contributed by atoms with van der Waals surface area (Å²) >= 11 is 0. The fourth-order valence-corrected chi connectivity index (χ4v) is 3.01. The first-order valence-electron chi connectivity index (χ1n) is 8.43. The van der Waals surface area contributed by atoms with Crippen molar-refractivity contribution >= 4 is 6.03 Å². The fourth-order valence-electron chi connectivity index (χ4n) is 3.01. The van der Waals surface area contributed by atoms with Crippen LogP contribution in [0.15, 0.2) is 24.3 Å². The van der Waals surface area contributed by atoms with Gasteiger partial charge in [-0.1, -0.05) is 31.0 Å². The summed E-state index contributed by atoms with van der Waals surface area (Å²) < 4.78 is 5.66. The number of nitrogens with one attached hydrogen (secondary N) is 1. The Morgan fingerprint density at radius 3 is 2.83 bits per heavy atom. The molecule has 0 heterocycles. The number of urea groups is 1. The van der Waals surface area contributed by atoms with Crippen molar-refractivity contribution in [1.29, 1.82) is 0 Å². The van der Waals surface area contributed by atoms with Gasteiger partial charge in [-0.2, -0.15) is 0 Å². The van der Waals surface area contributed by atoms with Crippen LogP contribution in [0.3, 0.4) is 0 Å². The third-order valence-electron chi connectivity index (χ3n) is 4.45. The van der Waals surface area contributed by atoms with Crippen molar-refractivity contribution in [2.45, 2.75) is 38.7 Å². The molecule has 2 unspecified atom stereocenters. The minimum absolute atomic E-state index is 0.115. The lowest BCUT2D eigenvalue weighted by molar-refractivity contribution is 0.0564. The first-order chi connectivity index (χ1) is 11.1. The number of aliphatic hydroxyl groups is 1. The van der Waals surface area contributed by atoms with Gasteiger partial charge in [-0.15, -0.1) is 0 Å².